The van der Waals surface area contributed by atoms with E-state index < -0.39 is 12.1 Å². The summed E-state index contributed by atoms with van der Waals surface area (Å²) < 4.78 is 5.27. The minimum absolute atomic E-state index is 0.207. The van der Waals surface area contributed by atoms with Crippen LogP contribution in [0.3, 0.4) is 0 Å². The van der Waals surface area contributed by atoms with Gasteiger partial charge in [0.05, 0.1) is 25.4 Å². The molecule has 1 atom stereocenters. The standard InChI is InChI=1S/C11H14BrNO4/c1-17-11(16)9-4-7(2-3-10(9)12)13-5-8(15)6-14/h2-4,8,13-15H,5-6H2,1H3. The summed E-state index contributed by atoms with van der Waals surface area (Å²) in [5.74, 6) is -0.441. The van der Waals surface area contributed by atoms with Crippen LogP contribution in [0.4, 0.5) is 5.69 Å². The first-order valence-corrected chi connectivity index (χ1v) is 5.78. The molecule has 0 spiro atoms. The van der Waals surface area contributed by atoms with Crippen LogP contribution < -0.4 is 5.32 Å². The van der Waals surface area contributed by atoms with E-state index in [-0.39, 0.29) is 13.2 Å². The second kappa shape index (κ2) is 6.58. The Morgan fingerprint density at radius 3 is 2.88 bits per heavy atom. The molecule has 0 fully saturated rings. The second-order valence-electron chi connectivity index (χ2n) is 3.40. The fourth-order valence-corrected chi connectivity index (χ4v) is 1.61. The molecule has 6 heteroatoms. The zero-order valence-corrected chi connectivity index (χ0v) is 10.9. The number of aliphatic hydroxyl groups excluding tert-OH is 2. The Labute approximate surface area is 108 Å². The summed E-state index contributed by atoms with van der Waals surface area (Å²) in [4.78, 5) is 11.4. The fourth-order valence-electron chi connectivity index (χ4n) is 1.20. The van der Waals surface area contributed by atoms with Crippen molar-refractivity contribution in [2.24, 2.45) is 0 Å². The molecule has 3 N–H and O–H groups in total. The van der Waals surface area contributed by atoms with Gasteiger partial charge in [-0.2, -0.15) is 0 Å². The number of aliphatic hydroxyl groups is 2. The van der Waals surface area contributed by atoms with Gasteiger partial charge < -0.3 is 20.3 Å². The molecule has 0 saturated carbocycles. The van der Waals surface area contributed by atoms with Gasteiger partial charge in [0.25, 0.3) is 0 Å². The van der Waals surface area contributed by atoms with Gasteiger partial charge in [-0.25, -0.2) is 4.79 Å². The molecular weight excluding hydrogens is 290 g/mol. The number of ether oxygens (including phenoxy) is 1. The number of carbonyl (C=O) groups is 1. The van der Waals surface area contributed by atoms with Crippen molar-refractivity contribution in [2.75, 3.05) is 25.6 Å². The quantitative estimate of drug-likeness (QED) is 0.707. The first kappa shape index (κ1) is 14.0. The van der Waals surface area contributed by atoms with E-state index in [4.69, 9.17) is 5.11 Å². The van der Waals surface area contributed by atoms with Crippen LogP contribution in [0.1, 0.15) is 10.4 Å². The van der Waals surface area contributed by atoms with Crippen LogP contribution in [0.15, 0.2) is 22.7 Å². The minimum Gasteiger partial charge on any atom is -0.465 e. The molecule has 0 aromatic heterocycles. The van der Waals surface area contributed by atoms with Crippen LogP contribution in [0, 0.1) is 0 Å². The number of methoxy groups -OCH3 is 1. The molecule has 0 bridgehead atoms. The maximum atomic E-state index is 11.4. The van der Waals surface area contributed by atoms with Gasteiger partial charge in [0.15, 0.2) is 0 Å². The van der Waals surface area contributed by atoms with Crippen molar-refractivity contribution >= 4 is 27.6 Å². The summed E-state index contributed by atoms with van der Waals surface area (Å²) in [5, 5.41) is 20.8. The number of halogens is 1. The minimum atomic E-state index is -0.833. The first-order chi connectivity index (χ1) is 8.08. The Bertz CT molecular complexity index is 397. The van der Waals surface area contributed by atoms with E-state index in [0.717, 1.165) is 0 Å². The zero-order valence-electron chi connectivity index (χ0n) is 9.31. The molecule has 17 heavy (non-hydrogen) atoms. The van der Waals surface area contributed by atoms with Crippen molar-refractivity contribution in [1.29, 1.82) is 0 Å². The SMILES string of the molecule is COC(=O)c1cc(NCC(O)CO)ccc1Br. The van der Waals surface area contributed by atoms with E-state index in [2.05, 4.69) is 26.0 Å². The molecule has 0 aliphatic heterocycles. The largest absolute Gasteiger partial charge is 0.465 e. The monoisotopic (exact) mass is 303 g/mol. The normalized spacial score (nSPS) is 12.0. The fraction of sp³-hybridized carbons (Fsp3) is 0.364. The van der Waals surface area contributed by atoms with Gasteiger partial charge in [-0.05, 0) is 34.1 Å². The van der Waals surface area contributed by atoms with Crippen LogP contribution >= 0.6 is 15.9 Å². The van der Waals surface area contributed by atoms with Gasteiger partial charge >= 0.3 is 5.97 Å². The Balaban J connectivity index is 2.78. The van der Waals surface area contributed by atoms with Crippen molar-refractivity contribution in [2.45, 2.75) is 6.10 Å². The second-order valence-corrected chi connectivity index (χ2v) is 4.26. The van der Waals surface area contributed by atoms with Crippen LogP contribution in [-0.4, -0.2) is 42.5 Å². The van der Waals surface area contributed by atoms with E-state index in [9.17, 15) is 9.90 Å². The van der Waals surface area contributed by atoms with Crippen molar-refractivity contribution in [3.05, 3.63) is 28.2 Å². The molecule has 0 heterocycles. The Morgan fingerprint density at radius 1 is 1.59 bits per heavy atom. The smallest absolute Gasteiger partial charge is 0.339 e. The molecule has 0 radical (unpaired) electrons. The number of hydrogen-bond acceptors (Lipinski definition) is 5. The van der Waals surface area contributed by atoms with E-state index in [1.165, 1.54) is 7.11 Å². The summed E-state index contributed by atoms with van der Waals surface area (Å²) in [6.07, 6.45) is -0.833. The van der Waals surface area contributed by atoms with Gasteiger partial charge in [0, 0.05) is 16.7 Å². The lowest BCUT2D eigenvalue weighted by atomic mass is 10.2. The van der Waals surface area contributed by atoms with Crippen LogP contribution in [0.2, 0.25) is 0 Å². The first-order valence-electron chi connectivity index (χ1n) is 4.99. The zero-order chi connectivity index (χ0) is 12.8. The molecule has 1 aromatic carbocycles. The van der Waals surface area contributed by atoms with Gasteiger partial charge in [0.2, 0.25) is 0 Å². The lowest BCUT2D eigenvalue weighted by Crippen LogP contribution is -2.23. The third-order valence-corrected chi connectivity index (χ3v) is 2.82. The molecule has 0 amide bonds. The molecule has 0 saturated heterocycles. The predicted molar refractivity (Wildman–Crippen MR) is 67.1 cm³/mol. The highest BCUT2D eigenvalue weighted by atomic mass is 79.9. The number of esters is 1. The van der Waals surface area contributed by atoms with Gasteiger partial charge in [-0.1, -0.05) is 0 Å². The lowest BCUT2D eigenvalue weighted by Gasteiger charge is -2.11. The lowest BCUT2D eigenvalue weighted by molar-refractivity contribution is 0.0599. The number of nitrogens with one attached hydrogen (secondary N) is 1. The highest BCUT2D eigenvalue weighted by Gasteiger charge is 2.11. The number of rotatable bonds is 5. The Morgan fingerprint density at radius 2 is 2.29 bits per heavy atom. The number of benzene rings is 1. The van der Waals surface area contributed by atoms with E-state index in [1.54, 1.807) is 18.2 Å². The van der Waals surface area contributed by atoms with Gasteiger partial charge in [0.1, 0.15) is 0 Å². The van der Waals surface area contributed by atoms with Crippen molar-refractivity contribution in [3.8, 4) is 0 Å². The molecule has 1 aromatic rings. The average molecular weight is 304 g/mol. The van der Waals surface area contributed by atoms with Gasteiger partial charge in [-0.15, -0.1) is 0 Å². The third kappa shape index (κ3) is 3.99. The maximum absolute atomic E-state index is 11.4. The summed E-state index contributed by atoms with van der Waals surface area (Å²) in [6, 6.07) is 5.07. The highest BCUT2D eigenvalue weighted by molar-refractivity contribution is 9.10. The summed E-state index contributed by atoms with van der Waals surface area (Å²) in [6.45, 7) is -0.105. The Kier molecular flexibility index (Phi) is 5.40. The van der Waals surface area contributed by atoms with Gasteiger partial charge in [-0.3, -0.25) is 0 Å². The number of anilines is 1. The molecular formula is C11H14BrNO4. The molecule has 0 aliphatic carbocycles. The van der Waals surface area contributed by atoms with E-state index in [0.29, 0.717) is 15.7 Å². The molecule has 1 rings (SSSR count). The van der Waals surface area contributed by atoms with Crippen LogP contribution in [-0.2, 0) is 4.74 Å². The molecule has 5 nitrogen and oxygen atoms in total. The van der Waals surface area contributed by atoms with Crippen LogP contribution in [0.25, 0.3) is 0 Å². The highest BCUT2D eigenvalue weighted by Crippen LogP contribution is 2.21. The van der Waals surface area contributed by atoms with Crippen LogP contribution in [0.5, 0.6) is 0 Å². The van der Waals surface area contributed by atoms with Crippen molar-refractivity contribution in [3.63, 3.8) is 0 Å². The Hall–Kier alpha value is -1.11. The molecule has 1 unspecified atom stereocenters. The molecule has 0 aliphatic rings. The van der Waals surface area contributed by atoms with E-state index in [1.807, 2.05) is 0 Å². The maximum Gasteiger partial charge on any atom is 0.339 e. The predicted octanol–water partition coefficient (Wildman–Crippen LogP) is 1.00. The number of carbonyl (C=O) groups excluding carboxylic acids is 1. The van der Waals surface area contributed by atoms with E-state index >= 15 is 0 Å². The number of hydrogen-bond donors (Lipinski definition) is 3. The summed E-state index contributed by atoms with van der Waals surface area (Å²) in [7, 11) is 1.31. The third-order valence-electron chi connectivity index (χ3n) is 2.12. The van der Waals surface area contributed by atoms with Crippen molar-refractivity contribution in [1.82, 2.24) is 0 Å². The average Bonchev–Trinajstić information content (AvgIpc) is 2.36. The van der Waals surface area contributed by atoms with Crippen molar-refractivity contribution < 1.29 is 19.7 Å². The topological polar surface area (TPSA) is 78.8 Å². The summed E-state index contributed by atoms with van der Waals surface area (Å²) in [5.41, 5.74) is 1.07. The summed E-state index contributed by atoms with van der Waals surface area (Å²) >= 11 is 3.25. The molecule has 94 valence electrons.